The van der Waals surface area contributed by atoms with Crippen molar-refractivity contribution in [3.63, 3.8) is 0 Å². The fourth-order valence-electron chi connectivity index (χ4n) is 4.22. The first kappa shape index (κ1) is 26.5. The summed E-state index contributed by atoms with van der Waals surface area (Å²) in [6, 6.07) is 6.96. The monoisotopic (exact) mass is 571 g/mol. The van der Waals surface area contributed by atoms with E-state index in [4.69, 9.17) is 4.74 Å². The number of hydrogen-bond acceptors (Lipinski definition) is 11. The number of methoxy groups -OCH3 is 1. The summed E-state index contributed by atoms with van der Waals surface area (Å²) in [6.07, 6.45) is 1.41. The molecular weight excluding hydrogens is 542 g/mol. The second kappa shape index (κ2) is 10.4. The fourth-order valence-corrected chi connectivity index (χ4v) is 4.53. The van der Waals surface area contributed by atoms with Gasteiger partial charge in [0, 0.05) is 44.2 Å². The Labute approximate surface area is 224 Å². The van der Waals surface area contributed by atoms with Crippen LogP contribution in [-0.4, -0.2) is 77.6 Å². The summed E-state index contributed by atoms with van der Waals surface area (Å²) in [4.78, 5) is 35.3. The summed E-state index contributed by atoms with van der Waals surface area (Å²) >= 11 is 3.45. The van der Waals surface area contributed by atoms with Gasteiger partial charge in [-0.1, -0.05) is 13.8 Å². The number of benzene rings is 1. The molecule has 0 atom stereocenters. The first-order valence-corrected chi connectivity index (χ1v) is 12.4. The highest BCUT2D eigenvalue weighted by Gasteiger charge is 2.38. The predicted octanol–water partition coefficient (Wildman–Crippen LogP) is 4.12. The van der Waals surface area contributed by atoms with E-state index in [1.54, 1.807) is 6.07 Å². The molecule has 0 unspecified atom stereocenters. The van der Waals surface area contributed by atoms with E-state index in [1.807, 2.05) is 48.0 Å². The zero-order valence-electron chi connectivity index (χ0n) is 21.7. The van der Waals surface area contributed by atoms with Gasteiger partial charge in [0.25, 0.3) is 5.69 Å². The van der Waals surface area contributed by atoms with Crippen LogP contribution >= 0.6 is 15.9 Å². The Kier molecular flexibility index (Phi) is 7.46. The standard InChI is InChI=1S/C24H30BrN9O3/c1-24(2)13-33(16-7-8-20(25)29-21(16)24)23-27-14-26-22(30-23)28-15-11-18(34(35)36)17(12-19(15)37-6)32(5)10-9-31(3)4/h7-8,11-12,14H,9-10,13H2,1-6H3,(H,26,27,28,30). The third-order valence-corrected chi connectivity index (χ3v) is 6.60. The number of nitrogens with one attached hydrogen (secondary N) is 1. The van der Waals surface area contributed by atoms with Crippen molar-refractivity contribution in [3.8, 4) is 5.75 Å². The number of nitro groups is 1. The summed E-state index contributed by atoms with van der Waals surface area (Å²) in [5, 5.41) is 15.0. The highest BCUT2D eigenvalue weighted by Crippen LogP contribution is 2.43. The van der Waals surface area contributed by atoms with Crippen LogP contribution < -0.4 is 19.9 Å². The third-order valence-electron chi connectivity index (χ3n) is 6.16. The molecule has 0 saturated carbocycles. The lowest BCUT2D eigenvalue weighted by atomic mass is 9.91. The second-order valence-corrected chi connectivity index (χ2v) is 10.5. The van der Waals surface area contributed by atoms with Crippen LogP contribution in [0.5, 0.6) is 5.75 Å². The van der Waals surface area contributed by atoms with Gasteiger partial charge < -0.3 is 24.8 Å². The van der Waals surface area contributed by atoms with E-state index in [0.29, 0.717) is 36.2 Å². The summed E-state index contributed by atoms with van der Waals surface area (Å²) in [6.45, 7) is 6.23. The predicted molar refractivity (Wildman–Crippen MR) is 147 cm³/mol. The smallest absolute Gasteiger partial charge is 0.294 e. The van der Waals surface area contributed by atoms with Gasteiger partial charge in [0.15, 0.2) is 0 Å². The normalized spacial score (nSPS) is 14.0. The number of nitro benzene ring substituents is 1. The molecule has 0 radical (unpaired) electrons. The molecule has 1 aliphatic rings. The van der Waals surface area contributed by atoms with Crippen LogP contribution in [0, 0.1) is 10.1 Å². The van der Waals surface area contributed by atoms with Crippen LogP contribution in [0.2, 0.25) is 0 Å². The van der Waals surface area contributed by atoms with Crippen molar-refractivity contribution in [1.29, 1.82) is 0 Å². The lowest BCUT2D eigenvalue weighted by Gasteiger charge is -2.23. The minimum Gasteiger partial charge on any atom is -0.494 e. The first-order valence-electron chi connectivity index (χ1n) is 11.6. The van der Waals surface area contributed by atoms with Crippen molar-refractivity contribution in [2.45, 2.75) is 19.3 Å². The lowest BCUT2D eigenvalue weighted by molar-refractivity contribution is -0.384. The van der Waals surface area contributed by atoms with Gasteiger partial charge >= 0.3 is 0 Å². The number of fused-ring (bicyclic) bond motifs is 1. The molecule has 1 aliphatic heterocycles. The zero-order chi connectivity index (χ0) is 26.9. The number of pyridine rings is 1. The van der Waals surface area contributed by atoms with Crippen LogP contribution in [0.3, 0.4) is 0 Å². The maximum atomic E-state index is 11.9. The van der Waals surface area contributed by atoms with E-state index in [-0.39, 0.29) is 17.1 Å². The molecule has 0 aliphatic carbocycles. The number of nitrogens with zero attached hydrogens (tertiary/aromatic N) is 8. The molecule has 2 aromatic heterocycles. The Morgan fingerprint density at radius 3 is 2.62 bits per heavy atom. The largest absolute Gasteiger partial charge is 0.494 e. The highest BCUT2D eigenvalue weighted by atomic mass is 79.9. The Balaban J connectivity index is 1.66. The molecule has 4 rings (SSSR count). The summed E-state index contributed by atoms with van der Waals surface area (Å²) in [7, 11) is 7.24. The summed E-state index contributed by atoms with van der Waals surface area (Å²) in [5.41, 5.74) is 2.44. The molecule has 3 heterocycles. The number of halogens is 1. The van der Waals surface area contributed by atoms with E-state index < -0.39 is 4.92 Å². The fraction of sp³-hybridized carbons (Fsp3) is 0.417. The van der Waals surface area contributed by atoms with Crippen molar-refractivity contribution >= 4 is 50.6 Å². The average Bonchev–Trinajstić information content (AvgIpc) is 3.12. The summed E-state index contributed by atoms with van der Waals surface area (Å²) in [5.74, 6) is 1.12. The molecule has 37 heavy (non-hydrogen) atoms. The maximum Gasteiger partial charge on any atom is 0.294 e. The van der Waals surface area contributed by atoms with Crippen LogP contribution in [0.15, 0.2) is 35.2 Å². The van der Waals surface area contributed by atoms with Crippen LogP contribution in [-0.2, 0) is 5.41 Å². The molecule has 3 aromatic rings. The van der Waals surface area contributed by atoms with Gasteiger partial charge in [-0.25, -0.2) is 15.0 Å². The van der Waals surface area contributed by atoms with Gasteiger partial charge in [0.1, 0.15) is 22.4 Å². The molecule has 13 heteroatoms. The Bertz CT molecular complexity index is 1320. The van der Waals surface area contributed by atoms with E-state index in [9.17, 15) is 10.1 Å². The van der Waals surface area contributed by atoms with Crippen molar-refractivity contribution in [2.75, 3.05) is 63.0 Å². The van der Waals surface area contributed by atoms with Gasteiger partial charge in [-0.3, -0.25) is 10.1 Å². The topological polar surface area (TPSA) is 126 Å². The number of hydrogen-bond donors (Lipinski definition) is 1. The number of rotatable bonds is 9. The molecule has 0 amide bonds. The van der Waals surface area contributed by atoms with Gasteiger partial charge in [-0.15, -0.1) is 0 Å². The van der Waals surface area contributed by atoms with Crippen molar-refractivity contribution in [1.82, 2.24) is 24.8 Å². The minimum atomic E-state index is -0.403. The highest BCUT2D eigenvalue weighted by molar-refractivity contribution is 9.10. The van der Waals surface area contributed by atoms with E-state index in [1.165, 1.54) is 19.5 Å². The molecule has 1 aromatic carbocycles. The van der Waals surface area contributed by atoms with Crippen LogP contribution in [0.1, 0.15) is 19.5 Å². The molecule has 1 N–H and O–H groups in total. The van der Waals surface area contributed by atoms with Crippen molar-refractivity contribution in [3.05, 3.63) is 51.0 Å². The Hall–Kier alpha value is -3.58. The van der Waals surface area contributed by atoms with Gasteiger partial charge in [0.2, 0.25) is 11.9 Å². The molecular formula is C24H30BrN9O3. The molecule has 0 spiro atoms. The van der Waals surface area contributed by atoms with Crippen LogP contribution in [0.4, 0.5) is 34.6 Å². The third kappa shape index (κ3) is 5.57. The van der Waals surface area contributed by atoms with E-state index in [2.05, 4.69) is 55.0 Å². The van der Waals surface area contributed by atoms with Crippen molar-refractivity contribution in [2.24, 2.45) is 0 Å². The molecule has 0 fully saturated rings. The minimum absolute atomic E-state index is 0.0503. The van der Waals surface area contributed by atoms with E-state index >= 15 is 0 Å². The Morgan fingerprint density at radius 2 is 1.95 bits per heavy atom. The number of aromatic nitrogens is 4. The molecule has 196 valence electrons. The van der Waals surface area contributed by atoms with Gasteiger partial charge in [0.05, 0.1) is 29.1 Å². The number of likely N-dealkylation sites (N-methyl/N-ethyl adjacent to an activating group) is 2. The van der Waals surface area contributed by atoms with E-state index in [0.717, 1.165) is 22.5 Å². The summed E-state index contributed by atoms with van der Waals surface area (Å²) < 4.78 is 6.33. The SMILES string of the molecule is COc1cc(N(C)CCN(C)C)c([N+](=O)[O-])cc1Nc1ncnc(N2CC(C)(C)c3nc(Br)ccc32)n1. The number of ether oxygens (including phenoxy) is 1. The number of anilines is 5. The Morgan fingerprint density at radius 1 is 1.19 bits per heavy atom. The van der Waals surface area contributed by atoms with Crippen molar-refractivity contribution < 1.29 is 9.66 Å². The van der Waals surface area contributed by atoms with Gasteiger partial charge in [-0.05, 0) is 42.2 Å². The van der Waals surface area contributed by atoms with Crippen LogP contribution in [0.25, 0.3) is 0 Å². The van der Waals surface area contributed by atoms with Gasteiger partial charge in [-0.2, -0.15) is 4.98 Å². The lowest BCUT2D eigenvalue weighted by Crippen LogP contribution is -2.29. The molecule has 12 nitrogen and oxygen atoms in total. The average molecular weight is 572 g/mol. The molecule has 0 bridgehead atoms. The first-order chi connectivity index (χ1) is 17.5. The maximum absolute atomic E-state index is 11.9. The second-order valence-electron chi connectivity index (χ2n) is 9.73. The quantitative estimate of drug-likeness (QED) is 0.226. The zero-order valence-corrected chi connectivity index (χ0v) is 23.3. The molecule has 0 saturated heterocycles.